The number of hydrogen-bond acceptors (Lipinski definition) is 3. The first-order valence-electron chi connectivity index (χ1n) is 7.86. The van der Waals surface area contributed by atoms with E-state index in [-0.39, 0.29) is 18.4 Å². The first-order valence-corrected chi connectivity index (χ1v) is 7.86. The molecule has 0 aromatic heterocycles. The maximum absolute atomic E-state index is 12.3. The smallest absolute Gasteiger partial charge is 0.265 e. The van der Waals surface area contributed by atoms with Gasteiger partial charge < -0.3 is 14.5 Å². The molecule has 1 aliphatic carbocycles. The van der Waals surface area contributed by atoms with Gasteiger partial charge >= 0.3 is 0 Å². The number of amides is 2. The zero-order chi connectivity index (χ0) is 15.7. The second kappa shape index (κ2) is 5.99. The van der Waals surface area contributed by atoms with Crippen LogP contribution in [0.4, 0.5) is 5.69 Å². The van der Waals surface area contributed by atoms with Crippen LogP contribution in [-0.2, 0) is 9.59 Å². The Bertz CT molecular complexity index is 583. The SMILES string of the molecule is CC(C1CC1)N(C)C(=O)CCN1C(=O)COc2ccccc21. The lowest BCUT2D eigenvalue weighted by Gasteiger charge is -2.30. The summed E-state index contributed by atoms with van der Waals surface area (Å²) in [6.07, 6.45) is 2.77. The molecule has 3 rings (SSSR count). The van der Waals surface area contributed by atoms with Gasteiger partial charge in [0, 0.05) is 26.1 Å². The molecule has 1 unspecified atom stereocenters. The molecule has 1 aromatic carbocycles. The predicted molar refractivity (Wildman–Crippen MR) is 83.9 cm³/mol. The molecule has 1 saturated carbocycles. The van der Waals surface area contributed by atoms with Gasteiger partial charge in [-0.2, -0.15) is 0 Å². The van der Waals surface area contributed by atoms with Crippen LogP contribution in [0.15, 0.2) is 24.3 Å². The van der Waals surface area contributed by atoms with E-state index in [0.29, 0.717) is 30.7 Å². The highest BCUT2D eigenvalue weighted by Crippen LogP contribution is 2.35. The largest absolute Gasteiger partial charge is 0.482 e. The van der Waals surface area contributed by atoms with E-state index in [1.807, 2.05) is 36.2 Å². The summed E-state index contributed by atoms with van der Waals surface area (Å²) in [4.78, 5) is 27.9. The van der Waals surface area contributed by atoms with Crippen LogP contribution < -0.4 is 9.64 Å². The van der Waals surface area contributed by atoms with E-state index < -0.39 is 0 Å². The molecule has 1 aliphatic heterocycles. The fraction of sp³-hybridized carbons (Fsp3) is 0.529. The Morgan fingerprint density at radius 2 is 2.14 bits per heavy atom. The van der Waals surface area contributed by atoms with E-state index in [1.54, 1.807) is 4.90 Å². The lowest BCUT2D eigenvalue weighted by atomic mass is 10.1. The van der Waals surface area contributed by atoms with Crippen molar-refractivity contribution in [2.24, 2.45) is 5.92 Å². The number of carbonyl (C=O) groups excluding carboxylic acids is 2. The van der Waals surface area contributed by atoms with Crippen molar-refractivity contribution in [2.75, 3.05) is 25.1 Å². The second-order valence-electron chi connectivity index (χ2n) is 6.13. The fourth-order valence-corrected chi connectivity index (χ4v) is 2.90. The molecule has 0 saturated heterocycles. The Hall–Kier alpha value is -2.04. The fourth-order valence-electron chi connectivity index (χ4n) is 2.90. The van der Waals surface area contributed by atoms with Gasteiger partial charge in [-0.25, -0.2) is 0 Å². The minimum absolute atomic E-state index is 0.0412. The van der Waals surface area contributed by atoms with Crippen molar-refractivity contribution in [3.8, 4) is 5.75 Å². The molecule has 2 aliphatic rings. The molecule has 118 valence electrons. The number of ether oxygens (including phenoxy) is 1. The molecule has 1 heterocycles. The summed E-state index contributed by atoms with van der Waals surface area (Å²) in [6, 6.07) is 7.74. The van der Waals surface area contributed by atoms with Crippen LogP contribution in [0.2, 0.25) is 0 Å². The molecule has 0 radical (unpaired) electrons. The van der Waals surface area contributed by atoms with E-state index in [9.17, 15) is 9.59 Å². The lowest BCUT2D eigenvalue weighted by molar-refractivity contribution is -0.131. The first-order chi connectivity index (χ1) is 10.6. The number of carbonyl (C=O) groups is 2. The highest BCUT2D eigenvalue weighted by atomic mass is 16.5. The summed E-state index contributed by atoms with van der Waals surface area (Å²) in [5, 5.41) is 0. The van der Waals surface area contributed by atoms with Crippen LogP contribution in [0.25, 0.3) is 0 Å². The van der Waals surface area contributed by atoms with E-state index in [1.165, 1.54) is 12.8 Å². The topological polar surface area (TPSA) is 49.9 Å². The molecule has 0 spiro atoms. The maximum Gasteiger partial charge on any atom is 0.265 e. The van der Waals surface area contributed by atoms with Gasteiger partial charge in [-0.05, 0) is 37.8 Å². The summed E-state index contributed by atoms with van der Waals surface area (Å²) in [5.74, 6) is 1.36. The maximum atomic E-state index is 12.3. The molecular formula is C17H22N2O3. The van der Waals surface area contributed by atoms with Crippen molar-refractivity contribution in [3.05, 3.63) is 24.3 Å². The van der Waals surface area contributed by atoms with Gasteiger partial charge in [-0.1, -0.05) is 12.1 Å². The van der Waals surface area contributed by atoms with Gasteiger partial charge in [0.05, 0.1) is 5.69 Å². The van der Waals surface area contributed by atoms with Crippen LogP contribution in [0.3, 0.4) is 0 Å². The molecule has 2 amide bonds. The first kappa shape index (κ1) is 14.9. The molecular weight excluding hydrogens is 280 g/mol. The van der Waals surface area contributed by atoms with Crippen molar-refractivity contribution in [1.29, 1.82) is 0 Å². The van der Waals surface area contributed by atoms with E-state index >= 15 is 0 Å². The quantitative estimate of drug-likeness (QED) is 0.836. The molecule has 1 fully saturated rings. The van der Waals surface area contributed by atoms with Gasteiger partial charge in [-0.15, -0.1) is 0 Å². The average molecular weight is 302 g/mol. The van der Waals surface area contributed by atoms with Crippen LogP contribution in [-0.4, -0.2) is 43.0 Å². The van der Waals surface area contributed by atoms with E-state index in [4.69, 9.17) is 4.74 Å². The van der Waals surface area contributed by atoms with Crippen molar-refractivity contribution < 1.29 is 14.3 Å². The molecule has 1 atom stereocenters. The minimum atomic E-state index is -0.0932. The van der Waals surface area contributed by atoms with E-state index in [2.05, 4.69) is 6.92 Å². The lowest BCUT2D eigenvalue weighted by Crippen LogP contribution is -2.42. The third-order valence-corrected chi connectivity index (χ3v) is 4.67. The zero-order valence-electron chi connectivity index (χ0n) is 13.1. The van der Waals surface area contributed by atoms with Gasteiger partial charge in [0.15, 0.2) is 6.61 Å². The van der Waals surface area contributed by atoms with Crippen LogP contribution >= 0.6 is 0 Å². The number of benzene rings is 1. The molecule has 5 heteroatoms. The van der Waals surface area contributed by atoms with Crippen LogP contribution in [0, 0.1) is 5.92 Å². The van der Waals surface area contributed by atoms with E-state index in [0.717, 1.165) is 5.69 Å². The highest BCUT2D eigenvalue weighted by Gasteiger charge is 2.33. The normalized spacial score (nSPS) is 18.5. The van der Waals surface area contributed by atoms with Crippen molar-refractivity contribution in [1.82, 2.24) is 4.90 Å². The number of anilines is 1. The molecule has 1 aromatic rings. The zero-order valence-corrected chi connectivity index (χ0v) is 13.1. The van der Waals surface area contributed by atoms with Crippen molar-refractivity contribution in [3.63, 3.8) is 0 Å². The third-order valence-electron chi connectivity index (χ3n) is 4.67. The Labute approximate surface area is 130 Å². The average Bonchev–Trinajstić information content (AvgIpc) is 3.37. The number of para-hydroxylation sites is 2. The number of hydrogen-bond donors (Lipinski definition) is 0. The van der Waals surface area contributed by atoms with Crippen molar-refractivity contribution in [2.45, 2.75) is 32.2 Å². The summed E-state index contributed by atoms with van der Waals surface area (Å²) in [5.41, 5.74) is 0.754. The van der Waals surface area contributed by atoms with Crippen LogP contribution in [0.5, 0.6) is 5.75 Å². The number of fused-ring (bicyclic) bond motifs is 1. The second-order valence-corrected chi connectivity index (χ2v) is 6.13. The number of rotatable bonds is 5. The molecule has 0 bridgehead atoms. The molecule has 0 N–H and O–H groups in total. The summed E-state index contributed by atoms with van der Waals surface area (Å²) in [6.45, 7) is 2.55. The summed E-state index contributed by atoms with van der Waals surface area (Å²) in [7, 11) is 1.86. The third kappa shape index (κ3) is 2.93. The Morgan fingerprint density at radius 1 is 1.41 bits per heavy atom. The standard InChI is InChI=1S/C17H22N2O3/c1-12(13-7-8-13)18(2)16(20)9-10-19-14-5-3-4-6-15(14)22-11-17(19)21/h3-6,12-13H,7-11H2,1-2H3. The summed E-state index contributed by atoms with van der Waals surface area (Å²) < 4.78 is 5.41. The highest BCUT2D eigenvalue weighted by molar-refractivity contribution is 5.98. The molecule has 22 heavy (non-hydrogen) atoms. The van der Waals surface area contributed by atoms with Gasteiger partial charge in [0.25, 0.3) is 5.91 Å². The van der Waals surface area contributed by atoms with Gasteiger partial charge in [0.1, 0.15) is 5.75 Å². The Kier molecular flexibility index (Phi) is 4.05. The van der Waals surface area contributed by atoms with Gasteiger partial charge in [0.2, 0.25) is 5.91 Å². The Morgan fingerprint density at radius 3 is 2.86 bits per heavy atom. The number of nitrogens with zero attached hydrogens (tertiary/aromatic N) is 2. The Balaban J connectivity index is 1.63. The summed E-state index contributed by atoms with van der Waals surface area (Å²) >= 11 is 0. The van der Waals surface area contributed by atoms with Gasteiger partial charge in [-0.3, -0.25) is 9.59 Å². The van der Waals surface area contributed by atoms with Crippen LogP contribution in [0.1, 0.15) is 26.2 Å². The molecule has 5 nitrogen and oxygen atoms in total. The minimum Gasteiger partial charge on any atom is -0.482 e. The predicted octanol–water partition coefficient (Wildman–Crippen LogP) is 2.06. The van der Waals surface area contributed by atoms with Crippen molar-refractivity contribution >= 4 is 17.5 Å². The monoisotopic (exact) mass is 302 g/mol.